The summed E-state index contributed by atoms with van der Waals surface area (Å²) < 4.78 is 6.51. The van der Waals surface area contributed by atoms with E-state index in [0.29, 0.717) is 0 Å². The average Bonchev–Trinajstić information content (AvgIpc) is 2.60. The molecule has 0 radical (unpaired) electrons. The predicted molar refractivity (Wildman–Crippen MR) is 115 cm³/mol. The Bertz CT molecular complexity index is 306. The summed E-state index contributed by atoms with van der Waals surface area (Å²) in [5.41, 5.74) is 0.272. The molecule has 0 atom stereocenters. The highest BCUT2D eigenvalue weighted by atomic mass is 28.4. The van der Waals surface area contributed by atoms with Crippen LogP contribution < -0.4 is 0 Å². The molecular weight excluding hydrogens is 326 g/mol. The van der Waals surface area contributed by atoms with E-state index in [2.05, 4.69) is 77.4 Å². The number of hydrogen-bond acceptors (Lipinski definition) is 4. The van der Waals surface area contributed by atoms with Crippen molar-refractivity contribution in [1.29, 1.82) is 0 Å². The van der Waals surface area contributed by atoms with Gasteiger partial charge in [0.1, 0.15) is 0 Å². The topological polar surface area (TPSA) is 19.0 Å². The van der Waals surface area contributed by atoms with E-state index in [1.807, 2.05) is 0 Å². The fourth-order valence-corrected chi connectivity index (χ4v) is 7.94. The third-order valence-electron chi connectivity index (χ3n) is 5.87. The molecule has 0 aromatic carbocycles. The molecule has 0 saturated heterocycles. The molecule has 0 aliphatic rings. The molecule has 152 valence electrons. The second-order valence-corrected chi connectivity index (χ2v) is 12.4. The SMILES string of the molecule is CCO[Si](CC)(CC)CC(CN(C)CC)(CN(C)CC)CN(C)CC. The van der Waals surface area contributed by atoms with Gasteiger partial charge in [0.25, 0.3) is 0 Å². The van der Waals surface area contributed by atoms with Crippen molar-refractivity contribution in [3.63, 3.8) is 0 Å². The largest absolute Gasteiger partial charge is 0.417 e. The first-order valence-electron chi connectivity index (χ1n) is 10.4. The van der Waals surface area contributed by atoms with Crippen LogP contribution in [0.25, 0.3) is 0 Å². The molecule has 0 spiro atoms. The van der Waals surface area contributed by atoms with Gasteiger partial charge in [-0.05, 0) is 65.8 Å². The highest BCUT2D eigenvalue weighted by molar-refractivity contribution is 6.73. The van der Waals surface area contributed by atoms with Gasteiger partial charge in [0.15, 0.2) is 8.32 Å². The van der Waals surface area contributed by atoms with E-state index in [1.165, 1.54) is 18.1 Å². The number of rotatable bonds is 15. The molecule has 0 bridgehead atoms. The number of hydrogen-bond donors (Lipinski definition) is 0. The van der Waals surface area contributed by atoms with Gasteiger partial charge in [-0.25, -0.2) is 0 Å². The Kier molecular flexibility index (Phi) is 12.5. The third kappa shape index (κ3) is 8.52. The van der Waals surface area contributed by atoms with E-state index >= 15 is 0 Å². The summed E-state index contributed by atoms with van der Waals surface area (Å²) in [7, 11) is 5.12. The van der Waals surface area contributed by atoms with Crippen molar-refractivity contribution in [2.24, 2.45) is 5.41 Å². The summed E-state index contributed by atoms with van der Waals surface area (Å²) in [6.45, 7) is 21.3. The zero-order valence-corrected chi connectivity index (χ0v) is 19.8. The van der Waals surface area contributed by atoms with E-state index in [1.54, 1.807) is 0 Å². The maximum Gasteiger partial charge on any atom is 0.192 e. The lowest BCUT2D eigenvalue weighted by Gasteiger charge is -2.46. The summed E-state index contributed by atoms with van der Waals surface area (Å²) in [5, 5.41) is 0. The molecule has 0 unspecified atom stereocenters. The average molecular weight is 374 g/mol. The van der Waals surface area contributed by atoms with Crippen molar-refractivity contribution >= 4 is 8.32 Å². The Labute approximate surface area is 160 Å². The molecule has 5 heteroatoms. The van der Waals surface area contributed by atoms with Gasteiger partial charge in [-0.1, -0.05) is 34.6 Å². The highest BCUT2D eigenvalue weighted by Gasteiger charge is 2.43. The van der Waals surface area contributed by atoms with Crippen LogP contribution >= 0.6 is 0 Å². The standard InChI is InChI=1S/C20H47N3OSi/c1-10-21(7)16-20(17-22(8)11-2,18-23(9)12-3)19-25(14-5,15-6)24-13-4/h10-19H2,1-9H3. The van der Waals surface area contributed by atoms with Crippen LogP contribution in [-0.4, -0.2) is 90.0 Å². The second-order valence-electron chi connectivity index (χ2n) is 7.99. The molecule has 0 aliphatic heterocycles. The summed E-state index contributed by atoms with van der Waals surface area (Å²) in [6, 6.07) is 3.71. The monoisotopic (exact) mass is 373 g/mol. The molecule has 0 heterocycles. The summed E-state index contributed by atoms with van der Waals surface area (Å²) >= 11 is 0. The van der Waals surface area contributed by atoms with Gasteiger partial charge in [-0.15, -0.1) is 0 Å². The van der Waals surface area contributed by atoms with Gasteiger partial charge in [-0.3, -0.25) is 0 Å². The Morgan fingerprint density at radius 1 is 0.680 bits per heavy atom. The maximum absolute atomic E-state index is 6.51. The molecule has 0 fully saturated rings. The second kappa shape index (κ2) is 12.4. The molecule has 0 saturated carbocycles. The van der Waals surface area contributed by atoms with Crippen molar-refractivity contribution in [3.05, 3.63) is 0 Å². The van der Waals surface area contributed by atoms with Gasteiger partial charge >= 0.3 is 0 Å². The van der Waals surface area contributed by atoms with Crippen LogP contribution in [0.15, 0.2) is 0 Å². The van der Waals surface area contributed by atoms with Gasteiger partial charge in [0, 0.05) is 31.7 Å². The summed E-state index contributed by atoms with van der Waals surface area (Å²) in [5.74, 6) is 0. The maximum atomic E-state index is 6.51. The van der Waals surface area contributed by atoms with Crippen LogP contribution in [0.4, 0.5) is 0 Å². The van der Waals surface area contributed by atoms with Crippen molar-refractivity contribution in [3.8, 4) is 0 Å². The van der Waals surface area contributed by atoms with E-state index in [-0.39, 0.29) is 5.41 Å². The van der Waals surface area contributed by atoms with E-state index < -0.39 is 8.32 Å². The first-order chi connectivity index (χ1) is 11.8. The molecule has 0 aromatic rings. The lowest BCUT2D eigenvalue weighted by molar-refractivity contribution is 0.0936. The smallest absolute Gasteiger partial charge is 0.192 e. The minimum atomic E-state index is -1.70. The third-order valence-corrected chi connectivity index (χ3v) is 10.7. The van der Waals surface area contributed by atoms with Crippen LogP contribution in [-0.2, 0) is 4.43 Å². The summed E-state index contributed by atoms with van der Waals surface area (Å²) in [6.07, 6.45) is 0. The lowest BCUT2D eigenvalue weighted by Crippen LogP contribution is -2.55. The fourth-order valence-electron chi connectivity index (χ4n) is 4.12. The Hall–Kier alpha value is 0.0569. The van der Waals surface area contributed by atoms with E-state index in [4.69, 9.17) is 4.43 Å². The summed E-state index contributed by atoms with van der Waals surface area (Å²) in [4.78, 5) is 7.51. The van der Waals surface area contributed by atoms with Crippen molar-refractivity contribution in [2.45, 2.75) is 59.7 Å². The van der Waals surface area contributed by atoms with Crippen LogP contribution in [0.2, 0.25) is 18.1 Å². The molecule has 0 N–H and O–H groups in total. The van der Waals surface area contributed by atoms with Gasteiger partial charge in [0.2, 0.25) is 0 Å². The predicted octanol–water partition coefficient (Wildman–Crippen LogP) is 3.85. The van der Waals surface area contributed by atoms with Crippen molar-refractivity contribution in [1.82, 2.24) is 14.7 Å². The van der Waals surface area contributed by atoms with Crippen LogP contribution in [0.3, 0.4) is 0 Å². The van der Waals surface area contributed by atoms with Crippen LogP contribution in [0.1, 0.15) is 41.5 Å². The molecular formula is C20H47N3OSi. The van der Waals surface area contributed by atoms with Crippen molar-refractivity contribution < 1.29 is 4.43 Å². The minimum absolute atomic E-state index is 0.272. The number of nitrogens with zero attached hydrogens (tertiary/aromatic N) is 3. The quantitative estimate of drug-likeness (QED) is 0.406. The fraction of sp³-hybridized carbons (Fsp3) is 1.00. The van der Waals surface area contributed by atoms with Gasteiger partial charge in [0.05, 0.1) is 0 Å². The Morgan fingerprint density at radius 2 is 1.04 bits per heavy atom. The van der Waals surface area contributed by atoms with Crippen LogP contribution in [0, 0.1) is 5.41 Å². The van der Waals surface area contributed by atoms with Gasteiger partial charge in [-0.2, -0.15) is 0 Å². The zero-order chi connectivity index (χ0) is 19.5. The molecule has 0 rings (SSSR count). The van der Waals surface area contributed by atoms with Crippen LogP contribution in [0.5, 0.6) is 0 Å². The van der Waals surface area contributed by atoms with Gasteiger partial charge < -0.3 is 19.1 Å². The lowest BCUT2D eigenvalue weighted by atomic mass is 9.88. The Balaban J connectivity index is 5.81. The first kappa shape index (κ1) is 25.1. The van der Waals surface area contributed by atoms with E-state index in [0.717, 1.165) is 45.9 Å². The highest BCUT2D eigenvalue weighted by Crippen LogP contribution is 2.36. The minimum Gasteiger partial charge on any atom is -0.417 e. The molecule has 25 heavy (non-hydrogen) atoms. The molecule has 0 aromatic heterocycles. The van der Waals surface area contributed by atoms with Crippen molar-refractivity contribution in [2.75, 3.05) is 67.0 Å². The molecule has 0 amide bonds. The molecule has 4 nitrogen and oxygen atoms in total. The zero-order valence-electron chi connectivity index (χ0n) is 18.8. The normalized spacial score (nSPS) is 13.4. The Morgan fingerprint density at radius 3 is 1.28 bits per heavy atom. The van der Waals surface area contributed by atoms with E-state index in [9.17, 15) is 0 Å². The first-order valence-corrected chi connectivity index (χ1v) is 13.0. The molecule has 0 aliphatic carbocycles.